The molecule has 90 heavy (non-hydrogen) atoms. The maximum atomic E-state index is 14.2. The number of amides is 5. The number of hydrogen-bond acceptors (Lipinski definition) is 18. The molecule has 0 bridgehead atoms. The third kappa shape index (κ3) is 13.8. The number of nitro benzene ring substituents is 1. The predicted molar refractivity (Wildman–Crippen MR) is 338 cm³/mol. The van der Waals surface area contributed by atoms with E-state index in [1.165, 1.54) is 24.4 Å². The fourth-order valence-corrected chi connectivity index (χ4v) is 13.5. The molecule has 0 saturated carbocycles. The number of piperidine rings is 2. The van der Waals surface area contributed by atoms with E-state index in [-0.39, 0.29) is 46.9 Å². The van der Waals surface area contributed by atoms with Gasteiger partial charge in [0.15, 0.2) is 0 Å². The summed E-state index contributed by atoms with van der Waals surface area (Å²) in [5.74, 6) is -1.37. The van der Waals surface area contributed by atoms with E-state index in [2.05, 4.69) is 51.4 Å². The first kappa shape index (κ1) is 61.3. The topological polar surface area (TPSA) is 280 Å². The molecular formula is C65H68ClN11O12S. The minimum absolute atomic E-state index is 0.0538. The van der Waals surface area contributed by atoms with Crippen LogP contribution in [-0.2, 0) is 30.9 Å². The van der Waals surface area contributed by atoms with Gasteiger partial charge in [0, 0.05) is 111 Å². The largest absolute Gasteiger partial charge is 0.493 e. The molecule has 7 heterocycles. The number of rotatable bonds is 22. The van der Waals surface area contributed by atoms with E-state index < -0.39 is 61.1 Å². The molecular weight excluding hydrogens is 1190 g/mol. The molecule has 12 rings (SSSR count). The Bertz CT molecular complexity index is 4000. The number of ether oxygens (including phenoxy) is 3. The van der Waals surface area contributed by atoms with Crippen LogP contribution < -0.4 is 35.0 Å². The molecule has 7 aromatic rings. The van der Waals surface area contributed by atoms with Crippen LogP contribution in [-0.4, -0.2) is 152 Å². The highest BCUT2D eigenvalue weighted by atomic mass is 35.5. The smallest absolute Gasteiger partial charge is 0.293 e. The van der Waals surface area contributed by atoms with E-state index in [9.17, 15) is 42.5 Å². The first-order chi connectivity index (χ1) is 43.6. The SMILES string of the molecule is O=C1CCC(N2C(=O)c3cccc(NCCCN4CCC(COc5cccc(-c6ccc(Cl)cc6)c5CN5CCN(c6ccc(C(=O)NS(=O)(=O)c7ccc(NCC8CCOCC8)c([N+](=O)[O-])c7)c(Oc7cnc8[nH]ccc8c7)c6)CC5)CC4)c3C2=O)C(=O)N1. The molecule has 23 nitrogen and oxygen atoms in total. The monoisotopic (exact) mass is 1260 g/mol. The standard InChI is InChI=1S/C65H68ClN11O12S/c66-45-10-8-43(9-11-45)49-4-2-7-57(88-40-42-19-26-73(27-20-42)25-3-23-67-54-6-1-5-51-60(54)65(82)76(64(51)81)55-16-17-59(78)71-63(55)80)52(49)39-74-28-30-75(31-29-74)46-12-14-50(58(35-46)89-47-34-44-18-24-68-61(44)70-38-47)62(79)72-90(85,86)48-13-15-53(56(36-48)77(83)84)69-37-41-21-32-87-33-22-41/h1-2,4-15,18,24,34-36,38,41-42,55,67,69H,3,16-17,19-23,25-33,37,39-40H2,(H,68,70)(H,72,79)(H,71,78,80). The molecule has 2 aromatic heterocycles. The Labute approximate surface area is 524 Å². The Balaban J connectivity index is 0.678. The number of nitrogens with one attached hydrogen (secondary N) is 5. The number of carbonyl (C=O) groups excluding carboxylic acids is 5. The van der Waals surface area contributed by atoms with Gasteiger partial charge in [-0.1, -0.05) is 41.9 Å². The highest BCUT2D eigenvalue weighted by molar-refractivity contribution is 7.90. The molecule has 0 radical (unpaired) electrons. The van der Waals surface area contributed by atoms with Crippen molar-refractivity contribution in [2.75, 3.05) is 94.3 Å². The van der Waals surface area contributed by atoms with Crippen LogP contribution in [0.5, 0.6) is 17.2 Å². The zero-order valence-corrected chi connectivity index (χ0v) is 50.9. The van der Waals surface area contributed by atoms with E-state index in [0.29, 0.717) is 93.7 Å². The van der Waals surface area contributed by atoms with Crippen molar-refractivity contribution in [2.24, 2.45) is 11.8 Å². The van der Waals surface area contributed by atoms with Gasteiger partial charge in [0.2, 0.25) is 11.8 Å². The Morgan fingerprint density at radius 3 is 2.34 bits per heavy atom. The number of H-pyrrole nitrogens is 1. The number of anilines is 3. The minimum atomic E-state index is -4.63. The van der Waals surface area contributed by atoms with Gasteiger partial charge in [-0.2, -0.15) is 0 Å². The second-order valence-corrected chi connectivity index (χ2v) is 25.4. The summed E-state index contributed by atoms with van der Waals surface area (Å²) in [5.41, 5.74) is 5.14. The lowest BCUT2D eigenvalue weighted by Crippen LogP contribution is -2.54. The Morgan fingerprint density at radius 1 is 0.789 bits per heavy atom. The molecule has 468 valence electrons. The number of fused-ring (bicyclic) bond motifs is 2. The molecule has 1 atom stereocenters. The van der Waals surface area contributed by atoms with Crippen LogP contribution in [0.25, 0.3) is 22.2 Å². The van der Waals surface area contributed by atoms with Crippen LogP contribution in [0.3, 0.4) is 0 Å². The highest BCUT2D eigenvalue weighted by Crippen LogP contribution is 2.38. The molecule has 4 fully saturated rings. The summed E-state index contributed by atoms with van der Waals surface area (Å²) in [4.78, 5) is 92.1. The zero-order valence-electron chi connectivity index (χ0n) is 49.3. The molecule has 25 heteroatoms. The third-order valence-electron chi connectivity index (χ3n) is 17.5. The van der Waals surface area contributed by atoms with Gasteiger partial charge in [-0.05, 0) is 148 Å². The van der Waals surface area contributed by atoms with Crippen LogP contribution >= 0.6 is 11.6 Å². The van der Waals surface area contributed by atoms with Gasteiger partial charge in [-0.15, -0.1) is 0 Å². The normalized spacial score (nSPS) is 17.9. The molecule has 5 N–H and O–H groups in total. The number of piperazine rings is 1. The number of nitrogens with zero attached hydrogens (tertiary/aromatic N) is 6. The van der Waals surface area contributed by atoms with Crippen LogP contribution in [0.1, 0.15) is 81.6 Å². The first-order valence-corrected chi connectivity index (χ1v) is 32.2. The quantitative estimate of drug-likeness (QED) is 0.0183. The summed E-state index contributed by atoms with van der Waals surface area (Å²) in [6, 6.07) is 30.1. The summed E-state index contributed by atoms with van der Waals surface area (Å²) in [5, 5.41) is 22.3. The van der Waals surface area contributed by atoms with E-state index in [1.807, 2.05) is 42.5 Å². The Morgan fingerprint density at radius 2 is 1.57 bits per heavy atom. The lowest BCUT2D eigenvalue weighted by atomic mass is 9.96. The summed E-state index contributed by atoms with van der Waals surface area (Å²) < 4.78 is 48.5. The van der Waals surface area contributed by atoms with Crippen molar-refractivity contribution >= 4 is 84.9 Å². The number of halogens is 1. The first-order valence-electron chi connectivity index (χ1n) is 30.3. The second kappa shape index (κ2) is 27.0. The summed E-state index contributed by atoms with van der Waals surface area (Å²) in [6.07, 6.45) is 7.69. The molecule has 5 aromatic carbocycles. The van der Waals surface area contributed by atoms with Gasteiger partial charge >= 0.3 is 0 Å². The van der Waals surface area contributed by atoms with Gasteiger partial charge in [0.25, 0.3) is 33.4 Å². The van der Waals surface area contributed by atoms with Crippen molar-refractivity contribution < 1.29 is 51.5 Å². The van der Waals surface area contributed by atoms with Crippen molar-refractivity contribution in [3.8, 4) is 28.4 Å². The van der Waals surface area contributed by atoms with Crippen molar-refractivity contribution in [3.05, 3.63) is 159 Å². The lowest BCUT2D eigenvalue weighted by molar-refractivity contribution is -0.384. The number of hydrogen-bond donors (Lipinski definition) is 5. The highest BCUT2D eigenvalue weighted by Gasteiger charge is 2.46. The van der Waals surface area contributed by atoms with Crippen LogP contribution in [0.2, 0.25) is 5.02 Å². The number of aromatic nitrogens is 2. The zero-order chi connectivity index (χ0) is 62.5. The lowest BCUT2D eigenvalue weighted by Gasteiger charge is -2.37. The fraction of sp³-hybridized carbons (Fsp3) is 0.354. The molecule has 5 aliphatic rings. The molecule has 1 unspecified atom stereocenters. The van der Waals surface area contributed by atoms with Crippen molar-refractivity contribution in [2.45, 2.75) is 62.4 Å². The van der Waals surface area contributed by atoms with Gasteiger partial charge in [-0.25, -0.2) is 18.1 Å². The van der Waals surface area contributed by atoms with E-state index in [0.717, 1.165) is 96.2 Å². The van der Waals surface area contributed by atoms with Crippen LogP contribution in [0.15, 0.2) is 126 Å². The molecule has 0 spiro atoms. The predicted octanol–water partition coefficient (Wildman–Crippen LogP) is 8.86. The van der Waals surface area contributed by atoms with E-state index in [4.69, 9.17) is 25.8 Å². The van der Waals surface area contributed by atoms with Gasteiger partial charge in [0.1, 0.15) is 34.6 Å². The molecule has 0 aliphatic carbocycles. The van der Waals surface area contributed by atoms with Crippen molar-refractivity contribution in [3.63, 3.8) is 0 Å². The summed E-state index contributed by atoms with van der Waals surface area (Å²) >= 11 is 6.38. The van der Waals surface area contributed by atoms with E-state index in [1.54, 1.807) is 42.6 Å². The molecule has 4 saturated heterocycles. The maximum absolute atomic E-state index is 14.2. The second-order valence-electron chi connectivity index (χ2n) is 23.3. The Kier molecular flexibility index (Phi) is 18.4. The van der Waals surface area contributed by atoms with Crippen LogP contribution in [0, 0.1) is 22.0 Å². The van der Waals surface area contributed by atoms with Gasteiger partial charge < -0.3 is 39.6 Å². The average molecular weight is 1260 g/mol. The minimum Gasteiger partial charge on any atom is -0.493 e. The Hall–Kier alpha value is -8.94. The number of benzene rings is 5. The van der Waals surface area contributed by atoms with Gasteiger partial charge in [0.05, 0.1) is 39.3 Å². The summed E-state index contributed by atoms with van der Waals surface area (Å²) in [6.45, 7) is 8.53. The molecule has 5 amide bonds. The number of aromatic amines is 1. The van der Waals surface area contributed by atoms with E-state index >= 15 is 0 Å². The van der Waals surface area contributed by atoms with Gasteiger partial charge in [-0.3, -0.25) is 49.2 Å². The van der Waals surface area contributed by atoms with Crippen LogP contribution in [0.4, 0.5) is 22.7 Å². The number of imide groups is 2. The fourth-order valence-electron chi connectivity index (χ4n) is 12.4. The summed E-state index contributed by atoms with van der Waals surface area (Å²) in [7, 11) is -4.63. The van der Waals surface area contributed by atoms with Crippen molar-refractivity contribution in [1.29, 1.82) is 0 Å². The molecule has 5 aliphatic heterocycles. The number of sulfonamides is 1. The number of carbonyl (C=O) groups is 5. The number of nitro groups is 1. The number of likely N-dealkylation sites (tertiary alicyclic amines) is 1. The van der Waals surface area contributed by atoms with Crippen molar-refractivity contribution in [1.82, 2.24) is 34.7 Å². The maximum Gasteiger partial charge on any atom is 0.293 e. The number of pyridine rings is 1. The average Bonchev–Trinajstić information content (AvgIpc) is 1.62. The third-order valence-corrected chi connectivity index (χ3v) is 19.0.